The topological polar surface area (TPSA) is 61.0 Å². The van der Waals surface area contributed by atoms with Crippen LogP contribution in [0.15, 0.2) is 42.6 Å². The van der Waals surface area contributed by atoms with Gasteiger partial charge in [0, 0.05) is 19.8 Å². The number of aliphatic hydroxyl groups is 1. The Labute approximate surface area is 112 Å². The molecule has 2 N–H and O–H groups in total. The molecule has 0 spiro atoms. The zero-order valence-corrected chi connectivity index (χ0v) is 10.9. The molecule has 4 heteroatoms. The fraction of sp³-hybridized carbons (Fsp3) is 0.267. The first-order valence-corrected chi connectivity index (χ1v) is 6.19. The van der Waals surface area contributed by atoms with Gasteiger partial charge in [0.1, 0.15) is 11.8 Å². The van der Waals surface area contributed by atoms with E-state index >= 15 is 0 Å². The summed E-state index contributed by atoms with van der Waals surface area (Å²) in [6.45, 7) is 0.664. The Hall–Kier alpha value is -2.09. The van der Waals surface area contributed by atoms with Crippen molar-refractivity contribution in [3.8, 4) is 6.07 Å². The van der Waals surface area contributed by atoms with Gasteiger partial charge < -0.3 is 15.0 Å². The summed E-state index contributed by atoms with van der Waals surface area (Å²) in [5, 5.41) is 21.6. The minimum absolute atomic E-state index is 0.0436. The van der Waals surface area contributed by atoms with Crippen LogP contribution in [0.3, 0.4) is 0 Å². The summed E-state index contributed by atoms with van der Waals surface area (Å²) in [5.41, 5.74) is 2.73. The van der Waals surface area contributed by atoms with Gasteiger partial charge in [-0.15, -0.1) is 0 Å². The first-order chi connectivity index (χ1) is 9.24. The molecule has 0 unspecified atom stereocenters. The van der Waals surface area contributed by atoms with Crippen molar-refractivity contribution in [1.82, 2.24) is 9.88 Å². The molecule has 0 amide bonds. The number of nitrogens with zero attached hydrogens (tertiary/aromatic N) is 2. The molecule has 0 saturated carbocycles. The Morgan fingerprint density at radius 2 is 2.11 bits per heavy atom. The number of aryl methyl sites for hydroxylation is 1. The van der Waals surface area contributed by atoms with Gasteiger partial charge in [0.05, 0.1) is 12.6 Å². The molecule has 1 atom stereocenters. The molecule has 1 aromatic heterocycles. The number of nitrogens with one attached hydrogen (secondary N) is 1. The van der Waals surface area contributed by atoms with Crippen molar-refractivity contribution in [2.45, 2.75) is 12.6 Å². The minimum atomic E-state index is -0.0908. The van der Waals surface area contributed by atoms with E-state index in [9.17, 15) is 5.11 Å². The summed E-state index contributed by atoms with van der Waals surface area (Å²) in [6, 6.07) is 13.7. The Bertz CT molecular complexity index is 569. The van der Waals surface area contributed by atoms with Crippen molar-refractivity contribution in [3.05, 3.63) is 59.4 Å². The fourth-order valence-electron chi connectivity index (χ4n) is 2.05. The lowest BCUT2D eigenvalue weighted by atomic mass is 10.1. The van der Waals surface area contributed by atoms with Gasteiger partial charge in [-0.3, -0.25) is 0 Å². The number of hydrogen-bond acceptors (Lipinski definition) is 3. The maximum absolute atomic E-state index is 9.44. The molecular formula is C15H17N3O. The third kappa shape index (κ3) is 3.22. The van der Waals surface area contributed by atoms with Crippen LogP contribution in [0.1, 0.15) is 22.9 Å². The van der Waals surface area contributed by atoms with Crippen molar-refractivity contribution in [2.75, 3.05) is 6.61 Å². The zero-order chi connectivity index (χ0) is 13.7. The molecule has 0 aliphatic carbocycles. The van der Waals surface area contributed by atoms with Gasteiger partial charge in [-0.25, -0.2) is 0 Å². The van der Waals surface area contributed by atoms with Crippen LogP contribution in [-0.4, -0.2) is 16.3 Å². The lowest BCUT2D eigenvalue weighted by molar-refractivity contribution is 0.243. The van der Waals surface area contributed by atoms with Crippen molar-refractivity contribution < 1.29 is 5.11 Å². The lowest BCUT2D eigenvalue weighted by Crippen LogP contribution is -2.23. The monoisotopic (exact) mass is 255 g/mol. The molecule has 0 aliphatic heterocycles. The van der Waals surface area contributed by atoms with E-state index in [0.29, 0.717) is 12.2 Å². The van der Waals surface area contributed by atoms with Crippen molar-refractivity contribution in [3.63, 3.8) is 0 Å². The van der Waals surface area contributed by atoms with Crippen molar-refractivity contribution in [1.29, 1.82) is 5.26 Å². The lowest BCUT2D eigenvalue weighted by Gasteiger charge is -2.16. The molecule has 0 saturated heterocycles. The highest BCUT2D eigenvalue weighted by Gasteiger charge is 2.10. The van der Waals surface area contributed by atoms with Crippen molar-refractivity contribution in [2.24, 2.45) is 7.05 Å². The van der Waals surface area contributed by atoms with E-state index in [4.69, 9.17) is 5.26 Å². The SMILES string of the molecule is Cn1cc(CN[C@@H](CO)c2ccccc2)cc1C#N. The van der Waals surface area contributed by atoms with Crippen LogP contribution in [0.2, 0.25) is 0 Å². The predicted molar refractivity (Wildman–Crippen MR) is 73.2 cm³/mol. The Kier molecular flexibility index (Phi) is 4.35. The van der Waals surface area contributed by atoms with Gasteiger partial charge in [-0.1, -0.05) is 30.3 Å². The summed E-state index contributed by atoms with van der Waals surface area (Å²) in [6.07, 6.45) is 1.92. The summed E-state index contributed by atoms with van der Waals surface area (Å²) >= 11 is 0. The second kappa shape index (κ2) is 6.19. The highest BCUT2D eigenvalue weighted by Crippen LogP contribution is 2.13. The van der Waals surface area contributed by atoms with Gasteiger partial charge >= 0.3 is 0 Å². The predicted octanol–water partition coefficient (Wildman–Crippen LogP) is 1.72. The molecule has 2 rings (SSSR count). The summed E-state index contributed by atoms with van der Waals surface area (Å²) in [7, 11) is 1.85. The van der Waals surface area contributed by atoms with Crippen LogP contribution in [0.25, 0.3) is 0 Å². The largest absolute Gasteiger partial charge is 0.394 e. The average Bonchev–Trinajstić information content (AvgIpc) is 2.81. The first kappa shape index (κ1) is 13.3. The van der Waals surface area contributed by atoms with Crippen LogP contribution in [0.5, 0.6) is 0 Å². The maximum Gasteiger partial charge on any atom is 0.120 e. The van der Waals surface area contributed by atoms with E-state index in [1.807, 2.05) is 49.6 Å². The van der Waals surface area contributed by atoms with E-state index in [2.05, 4.69) is 11.4 Å². The fourth-order valence-corrected chi connectivity index (χ4v) is 2.05. The highest BCUT2D eigenvalue weighted by atomic mass is 16.3. The molecule has 2 aromatic rings. The molecule has 0 bridgehead atoms. The quantitative estimate of drug-likeness (QED) is 0.855. The number of aromatic nitrogens is 1. The standard InChI is InChI=1S/C15H17N3O/c1-18-10-12(7-14(18)8-16)9-17-15(11-19)13-5-3-2-4-6-13/h2-7,10,15,17,19H,9,11H2,1H3/t15-/m0/s1. The van der Waals surface area contributed by atoms with E-state index in [0.717, 1.165) is 11.1 Å². The number of hydrogen-bond donors (Lipinski definition) is 2. The van der Waals surface area contributed by atoms with E-state index in [-0.39, 0.29) is 12.6 Å². The molecule has 4 nitrogen and oxygen atoms in total. The molecule has 0 radical (unpaired) electrons. The van der Waals surface area contributed by atoms with Gasteiger partial charge in [-0.05, 0) is 17.2 Å². The Morgan fingerprint density at radius 3 is 2.68 bits per heavy atom. The number of rotatable bonds is 5. The average molecular weight is 255 g/mol. The van der Waals surface area contributed by atoms with Crippen LogP contribution >= 0.6 is 0 Å². The molecule has 0 aliphatic rings. The molecule has 1 heterocycles. The Morgan fingerprint density at radius 1 is 1.37 bits per heavy atom. The molecular weight excluding hydrogens is 238 g/mol. The van der Waals surface area contributed by atoms with E-state index in [1.54, 1.807) is 4.57 Å². The number of nitriles is 1. The maximum atomic E-state index is 9.44. The van der Waals surface area contributed by atoms with Crippen molar-refractivity contribution >= 4 is 0 Å². The summed E-state index contributed by atoms with van der Waals surface area (Å²) < 4.78 is 1.80. The van der Waals surface area contributed by atoms with Crippen LogP contribution < -0.4 is 5.32 Å². The molecule has 1 aromatic carbocycles. The van der Waals surface area contributed by atoms with E-state index in [1.165, 1.54) is 0 Å². The summed E-state index contributed by atoms with van der Waals surface area (Å²) in [5.74, 6) is 0. The van der Waals surface area contributed by atoms with Gasteiger partial charge in [0.2, 0.25) is 0 Å². The van der Waals surface area contributed by atoms with Crippen LogP contribution in [0, 0.1) is 11.3 Å². The smallest absolute Gasteiger partial charge is 0.120 e. The molecule has 0 fully saturated rings. The summed E-state index contributed by atoms with van der Waals surface area (Å²) in [4.78, 5) is 0. The van der Waals surface area contributed by atoms with E-state index < -0.39 is 0 Å². The third-order valence-corrected chi connectivity index (χ3v) is 3.11. The van der Waals surface area contributed by atoms with Gasteiger partial charge in [0.15, 0.2) is 0 Å². The molecule has 98 valence electrons. The number of benzene rings is 1. The first-order valence-electron chi connectivity index (χ1n) is 6.19. The third-order valence-electron chi connectivity index (χ3n) is 3.11. The zero-order valence-electron chi connectivity index (χ0n) is 10.9. The van der Waals surface area contributed by atoms with Crippen LogP contribution in [0.4, 0.5) is 0 Å². The second-order valence-electron chi connectivity index (χ2n) is 4.48. The molecule has 19 heavy (non-hydrogen) atoms. The van der Waals surface area contributed by atoms with Gasteiger partial charge in [0.25, 0.3) is 0 Å². The van der Waals surface area contributed by atoms with Gasteiger partial charge in [-0.2, -0.15) is 5.26 Å². The normalized spacial score (nSPS) is 12.1. The second-order valence-corrected chi connectivity index (χ2v) is 4.48. The van der Waals surface area contributed by atoms with Crippen LogP contribution in [-0.2, 0) is 13.6 Å². The number of aliphatic hydroxyl groups excluding tert-OH is 1. The Balaban J connectivity index is 2.02. The minimum Gasteiger partial charge on any atom is -0.394 e. The highest BCUT2D eigenvalue weighted by molar-refractivity contribution is 5.28.